The zero-order valence-electron chi connectivity index (χ0n) is 15.1. The Labute approximate surface area is 158 Å². The van der Waals surface area contributed by atoms with Crippen molar-refractivity contribution in [3.05, 3.63) is 71.3 Å². The number of imide groups is 1. The average molecular weight is 362 g/mol. The molecule has 0 N–H and O–H groups in total. The van der Waals surface area contributed by atoms with Gasteiger partial charge in [-0.05, 0) is 29.3 Å². The molecule has 5 nitrogen and oxygen atoms in total. The molecule has 27 heavy (non-hydrogen) atoms. The van der Waals surface area contributed by atoms with E-state index in [-0.39, 0.29) is 18.2 Å². The number of ether oxygens (including phenoxy) is 1. The Bertz CT molecular complexity index is 853. The van der Waals surface area contributed by atoms with Crippen molar-refractivity contribution in [2.45, 2.75) is 13.0 Å². The van der Waals surface area contributed by atoms with Gasteiger partial charge in [0, 0.05) is 25.2 Å². The molecule has 0 spiro atoms. The number of hydrogen-bond donors (Lipinski definition) is 0. The maximum Gasteiger partial charge on any atom is 0.261 e. The topological polar surface area (TPSA) is 49.9 Å². The molecule has 0 aliphatic carbocycles. The Kier molecular flexibility index (Phi) is 5.14. The number of carbonyl (C=O) groups excluding carboxylic acids is 2. The van der Waals surface area contributed by atoms with E-state index in [4.69, 9.17) is 4.74 Å². The summed E-state index contributed by atoms with van der Waals surface area (Å²) in [5.74, 6) is -0.412. The third-order valence-corrected chi connectivity index (χ3v) is 4.91. The molecular weight excluding hydrogens is 340 g/mol. The first kappa shape index (κ1) is 17.6. The van der Waals surface area contributed by atoms with Gasteiger partial charge in [0.1, 0.15) is 0 Å². The highest BCUT2D eigenvalue weighted by atomic mass is 16.5. The Balaban J connectivity index is 1.47. The minimum Gasteiger partial charge on any atom is -0.379 e. The molecule has 0 bridgehead atoms. The molecular formula is C22H22N2O3. The molecule has 2 aliphatic heterocycles. The Morgan fingerprint density at radius 3 is 2.33 bits per heavy atom. The van der Waals surface area contributed by atoms with Crippen LogP contribution in [0.1, 0.15) is 17.5 Å². The highest BCUT2D eigenvalue weighted by Crippen LogP contribution is 2.27. The maximum absolute atomic E-state index is 12.7. The van der Waals surface area contributed by atoms with Crippen molar-refractivity contribution >= 4 is 23.6 Å². The Hall–Kier alpha value is -2.76. The van der Waals surface area contributed by atoms with Gasteiger partial charge >= 0.3 is 0 Å². The standard InChI is InChI=1S/C22H22N2O3/c25-21-15-19(22(26)24(21)20-4-2-1-3-5-20)14-17-6-8-18(9-7-17)16-23-10-12-27-13-11-23/h1-9,14H,10-13,15-16H2/b19-14+. The van der Waals surface area contributed by atoms with E-state index < -0.39 is 0 Å². The fourth-order valence-corrected chi connectivity index (χ4v) is 3.46. The smallest absolute Gasteiger partial charge is 0.261 e. The lowest BCUT2D eigenvalue weighted by atomic mass is 10.1. The largest absolute Gasteiger partial charge is 0.379 e. The number of nitrogens with zero attached hydrogens (tertiary/aromatic N) is 2. The molecule has 2 aromatic rings. The number of anilines is 1. The highest BCUT2D eigenvalue weighted by molar-refractivity contribution is 6.29. The van der Waals surface area contributed by atoms with E-state index in [0.29, 0.717) is 11.3 Å². The summed E-state index contributed by atoms with van der Waals surface area (Å²) in [4.78, 5) is 28.6. The minimum absolute atomic E-state index is 0.142. The van der Waals surface area contributed by atoms with Crippen LogP contribution in [-0.2, 0) is 20.9 Å². The third-order valence-electron chi connectivity index (χ3n) is 4.91. The number of morpholine rings is 1. The molecule has 0 radical (unpaired) electrons. The van der Waals surface area contributed by atoms with Crippen LogP contribution in [0.4, 0.5) is 5.69 Å². The van der Waals surface area contributed by atoms with Crippen molar-refractivity contribution in [3.63, 3.8) is 0 Å². The molecule has 0 atom stereocenters. The van der Waals surface area contributed by atoms with Gasteiger partial charge in [-0.3, -0.25) is 14.5 Å². The second-order valence-electron chi connectivity index (χ2n) is 6.85. The van der Waals surface area contributed by atoms with Crippen LogP contribution in [0.3, 0.4) is 0 Å². The fourth-order valence-electron chi connectivity index (χ4n) is 3.46. The predicted octanol–water partition coefficient (Wildman–Crippen LogP) is 2.87. The number of para-hydroxylation sites is 1. The van der Waals surface area contributed by atoms with Crippen LogP contribution in [0.15, 0.2) is 60.2 Å². The molecule has 2 amide bonds. The zero-order valence-corrected chi connectivity index (χ0v) is 15.1. The molecule has 2 aromatic carbocycles. The van der Waals surface area contributed by atoms with Gasteiger partial charge in [-0.2, -0.15) is 0 Å². The molecule has 2 aliphatic rings. The molecule has 2 heterocycles. The van der Waals surface area contributed by atoms with Crippen LogP contribution in [0.25, 0.3) is 6.08 Å². The van der Waals surface area contributed by atoms with Gasteiger partial charge in [0.15, 0.2) is 0 Å². The van der Waals surface area contributed by atoms with Crippen LogP contribution in [0.5, 0.6) is 0 Å². The van der Waals surface area contributed by atoms with E-state index in [1.165, 1.54) is 10.5 Å². The molecule has 5 heteroatoms. The number of rotatable bonds is 4. The lowest BCUT2D eigenvalue weighted by Gasteiger charge is -2.26. The fraction of sp³-hybridized carbons (Fsp3) is 0.273. The predicted molar refractivity (Wildman–Crippen MR) is 104 cm³/mol. The van der Waals surface area contributed by atoms with E-state index >= 15 is 0 Å². The van der Waals surface area contributed by atoms with Crippen LogP contribution >= 0.6 is 0 Å². The van der Waals surface area contributed by atoms with Gasteiger partial charge in [-0.25, -0.2) is 4.90 Å². The second kappa shape index (κ2) is 7.86. The average Bonchev–Trinajstić information content (AvgIpc) is 2.98. The summed E-state index contributed by atoms with van der Waals surface area (Å²) < 4.78 is 5.38. The maximum atomic E-state index is 12.7. The molecule has 138 valence electrons. The van der Waals surface area contributed by atoms with E-state index in [0.717, 1.165) is 38.4 Å². The minimum atomic E-state index is -0.233. The van der Waals surface area contributed by atoms with Crippen LogP contribution in [0.2, 0.25) is 0 Å². The lowest BCUT2D eigenvalue weighted by Crippen LogP contribution is -2.35. The van der Waals surface area contributed by atoms with Gasteiger partial charge in [0.05, 0.1) is 25.3 Å². The van der Waals surface area contributed by atoms with Gasteiger partial charge in [0.25, 0.3) is 5.91 Å². The van der Waals surface area contributed by atoms with Crippen LogP contribution in [-0.4, -0.2) is 43.0 Å². The lowest BCUT2D eigenvalue weighted by molar-refractivity contribution is -0.120. The summed E-state index contributed by atoms with van der Waals surface area (Å²) in [5.41, 5.74) is 3.33. The van der Waals surface area contributed by atoms with Crippen molar-refractivity contribution in [3.8, 4) is 0 Å². The molecule has 2 saturated heterocycles. The highest BCUT2D eigenvalue weighted by Gasteiger charge is 2.34. The summed E-state index contributed by atoms with van der Waals surface area (Å²) in [6.45, 7) is 4.39. The normalized spacial score (nSPS) is 19.9. The molecule has 0 unspecified atom stereocenters. The first-order valence-electron chi connectivity index (χ1n) is 9.23. The van der Waals surface area contributed by atoms with Crippen LogP contribution in [0, 0.1) is 0 Å². The first-order chi connectivity index (χ1) is 13.2. The SMILES string of the molecule is O=C1C/C(=C\c2ccc(CN3CCOCC3)cc2)C(=O)N1c1ccccc1. The summed E-state index contributed by atoms with van der Waals surface area (Å²) in [5, 5.41) is 0. The van der Waals surface area contributed by atoms with Crippen molar-refractivity contribution in [1.29, 1.82) is 0 Å². The molecule has 2 fully saturated rings. The summed E-state index contributed by atoms with van der Waals surface area (Å²) in [7, 11) is 0. The van der Waals surface area contributed by atoms with Gasteiger partial charge < -0.3 is 4.74 Å². The second-order valence-corrected chi connectivity index (χ2v) is 6.85. The third kappa shape index (κ3) is 3.99. The molecule has 0 aromatic heterocycles. The van der Waals surface area contributed by atoms with Gasteiger partial charge in [-0.1, -0.05) is 42.5 Å². The van der Waals surface area contributed by atoms with E-state index in [1.54, 1.807) is 12.1 Å². The first-order valence-corrected chi connectivity index (χ1v) is 9.23. The number of benzene rings is 2. The monoisotopic (exact) mass is 362 g/mol. The van der Waals surface area contributed by atoms with Crippen molar-refractivity contribution in [1.82, 2.24) is 4.90 Å². The van der Waals surface area contributed by atoms with Gasteiger partial charge in [-0.15, -0.1) is 0 Å². The number of amides is 2. The molecule has 0 saturated carbocycles. The van der Waals surface area contributed by atoms with Crippen LogP contribution < -0.4 is 4.90 Å². The van der Waals surface area contributed by atoms with Crippen molar-refractivity contribution in [2.75, 3.05) is 31.2 Å². The van der Waals surface area contributed by atoms with Crippen molar-refractivity contribution < 1.29 is 14.3 Å². The number of carbonyl (C=O) groups is 2. The van der Waals surface area contributed by atoms with E-state index in [2.05, 4.69) is 17.0 Å². The quantitative estimate of drug-likeness (QED) is 0.620. The zero-order chi connectivity index (χ0) is 18.6. The summed E-state index contributed by atoms with van der Waals surface area (Å²) in [6.07, 6.45) is 1.96. The summed E-state index contributed by atoms with van der Waals surface area (Å²) >= 11 is 0. The van der Waals surface area contributed by atoms with Crippen molar-refractivity contribution in [2.24, 2.45) is 0 Å². The van der Waals surface area contributed by atoms with E-state index in [1.807, 2.05) is 36.4 Å². The number of hydrogen-bond acceptors (Lipinski definition) is 4. The Morgan fingerprint density at radius 2 is 1.63 bits per heavy atom. The molecule has 4 rings (SSSR count). The van der Waals surface area contributed by atoms with E-state index in [9.17, 15) is 9.59 Å². The Morgan fingerprint density at radius 1 is 0.926 bits per heavy atom. The van der Waals surface area contributed by atoms with Gasteiger partial charge in [0.2, 0.25) is 5.91 Å². The summed E-state index contributed by atoms with van der Waals surface area (Å²) in [6, 6.07) is 17.2.